The van der Waals surface area contributed by atoms with Gasteiger partial charge in [0.1, 0.15) is 0 Å². The predicted molar refractivity (Wildman–Crippen MR) is 112 cm³/mol. The average Bonchev–Trinajstić information content (AvgIpc) is 2.83. The molecule has 0 atom stereocenters. The summed E-state index contributed by atoms with van der Waals surface area (Å²) in [4.78, 5) is 15.3. The SMILES string of the molecule is Cc1cccc(C)c1N1C(=O)/C(=C/c2ccc(C(C)C)cc2)SC1=S. The number of carbonyl (C=O) groups is 1. The van der Waals surface area contributed by atoms with Crippen molar-refractivity contribution in [1.29, 1.82) is 0 Å². The zero-order valence-corrected chi connectivity index (χ0v) is 16.5. The van der Waals surface area contributed by atoms with Gasteiger partial charge in [-0.15, -0.1) is 0 Å². The molecule has 0 aliphatic carbocycles. The second-order valence-corrected chi connectivity index (χ2v) is 8.25. The van der Waals surface area contributed by atoms with Crippen LogP contribution in [0.25, 0.3) is 6.08 Å². The standard InChI is InChI=1S/C21H21NOS2/c1-13(2)17-10-8-16(9-11-17)12-18-20(23)22(21(24)25-18)19-14(3)6-5-7-15(19)4/h5-13H,1-4H3/b18-12-. The second-order valence-electron chi connectivity index (χ2n) is 6.58. The Balaban J connectivity index is 1.93. The largest absolute Gasteiger partial charge is 0.270 e. The molecule has 1 aliphatic rings. The smallest absolute Gasteiger partial charge is 0.268 e. The van der Waals surface area contributed by atoms with Crippen molar-refractivity contribution >= 4 is 46.0 Å². The van der Waals surface area contributed by atoms with Gasteiger partial charge in [0.25, 0.3) is 5.91 Å². The molecule has 0 aromatic heterocycles. The summed E-state index contributed by atoms with van der Waals surface area (Å²) in [5, 5.41) is 0. The molecular weight excluding hydrogens is 346 g/mol. The van der Waals surface area contributed by atoms with Crippen molar-refractivity contribution in [3.05, 3.63) is 69.6 Å². The summed E-state index contributed by atoms with van der Waals surface area (Å²) in [6.07, 6.45) is 1.93. The normalized spacial score (nSPS) is 16.4. The van der Waals surface area contributed by atoms with E-state index in [-0.39, 0.29) is 5.91 Å². The number of anilines is 1. The second kappa shape index (κ2) is 7.14. The first-order valence-electron chi connectivity index (χ1n) is 8.32. The van der Waals surface area contributed by atoms with Crippen molar-refractivity contribution in [3.63, 3.8) is 0 Å². The van der Waals surface area contributed by atoms with Crippen molar-refractivity contribution in [2.45, 2.75) is 33.6 Å². The van der Waals surface area contributed by atoms with Gasteiger partial charge in [0, 0.05) is 0 Å². The fraction of sp³-hybridized carbons (Fsp3) is 0.238. The third-order valence-electron chi connectivity index (χ3n) is 4.36. The van der Waals surface area contributed by atoms with Crippen LogP contribution in [0.15, 0.2) is 47.4 Å². The van der Waals surface area contributed by atoms with Gasteiger partial charge in [-0.2, -0.15) is 0 Å². The highest BCUT2D eigenvalue weighted by atomic mass is 32.2. The van der Waals surface area contributed by atoms with Crippen molar-refractivity contribution in [1.82, 2.24) is 0 Å². The molecule has 0 radical (unpaired) electrons. The number of rotatable bonds is 3. The molecule has 0 spiro atoms. The van der Waals surface area contributed by atoms with E-state index in [4.69, 9.17) is 12.2 Å². The first kappa shape index (κ1) is 17.9. The van der Waals surface area contributed by atoms with Crippen molar-refractivity contribution in [3.8, 4) is 0 Å². The van der Waals surface area contributed by atoms with E-state index in [1.54, 1.807) is 4.90 Å². The Morgan fingerprint density at radius 3 is 2.20 bits per heavy atom. The number of benzene rings is 2. The van der Waals surface area contributed by atoms with Crippen molar-refractivity contribution < 1.29 is 4.79 Å². The van der Waals surface area contributed by atoms with Gasteiger partial charge in [-0.3, -0.25) is 9.69 Å². The Morgan fingerprint density at radius 2 is 1.64 bits per heavy atom. The molecule has 2 nitrogen and oxygen atoms in total. The van der Waals surface area contributed by atoms with Gasteiger partial charge in [-0.25, -0.2) is 0 Å². The average molecular weight is 368 g/mol. The number of nitrogens with zero attached hydrogens (tertiary/aromatic N) is 1. The Morgan fingerprint density at radius 1 is 1.04 bits per heavy atom. The lowest BCUT2D eigenvalue weighted by Gasteiger charge is -2.19. The van der Waals surface area contributed by atoms with Crippen molar-refractivity contribution in [2.24, 2.45) is 0 Å². The number of aryl methyl sites for hydroxylation is 2. The molecule has 3 rings (SSSR count). The Kier molecular flexibility index (Phi) is 5.11. The third-order valence-corrected chi connectivity index (χ3v) is 5.66. The summed E-state index contributed by atoms with van der Waals surface area (Å²) in [7, 11) is 0. The van der Waals surface area contributed by atoms with E-state index in [2.05, 4.69) is 38.1 Å². The van der Waals surface area contributed by atoms with Crippen LogP contribution in [0.4, 0.5) is 5.69 Å². The number of amides is 1. The van der Waals surface area contributed by atoms with Gasteiger partial charge in [0.15, 0.2) is 4.32 Å². The van der Waals surface area contributed by atoms with Gasteiger partial charge in [0.05, 0.1) is 10.6 Å². The first-order chi connectivity index (χ1) is 11.9. The van der Waals surface area contributed by atoms with Crippen LogP contribution in [0.2, 0.25) is 0 Å². The molecule has 0 bridgehead atoms. The zero-order valence-electron chi connectivity index (χ0n) is 14.9. The monoisotopic (exact) mass is 367 g/mol. The predicted octanol–water partition coefficient (Wildman–Crippen LogP) is 5.83. The maximum Gasteiger partial charge on any atom is 0.270 e. The molecule has 2 aromatic rings. The maximum absolute atomic E-state index is 12.9. The van der Waals surface area contributed by atoms with Crippen LogP contribution in [0.5, 0.6) is 0 Å². The van der Waals surface area contributed by atoms with Crippen LogP contribution in [-0.4, -0.2) is 10.2 Å². The van der Waals surface area contributed by atoms with E-state index in [1.165, 1.54) is 17.3 Å². The Labute approximate surface area is 158 Å². The number of hydrogen-bond acceptors (Lipinski definition) is 3. The molecule has 4 heteroatoms. The zero-order chi connectivity index (χ0) is 18.1. The molecular formula is C21H21NOS2. The molecule has 0 unspecified atom stereocenters. The summed E-state index contributed by atoms with van der Waals surface area (Å²) in [6.45, 7) is 8.36. The van der Waals surface area contributed by atoms with Gasteiger partial charge >= 0.3 is 0 Å². The van der Waals surface area contributed by atoms with E-state index >= 15 is 0 Å². The number of thiocarbonyl (C=S) groups is 1. The van der Waals surface area contributed by atoms with Gasteiger partial charge in [0.2, 0.25) is 0 Å². The fourth-order valence-electron chi connectivity index (χ4n) is 2.95. The molecule has 1 fully saturated rings. The minimum absolute atomic E-state index is 0.0414. The first-order valence-corrected chi connectivity index (χ1v) is 9.55. The Bertz CT molecular complexity index is 846. The van der Waals surface area contributed by atoms with E-state index < -0.39 is 0 Å². The highest BCUT2D eigenvalue weighted by molar-refractivity contribution is 8.27. The lowest BCUT2D eigenvalue weighted by molar-refractivity contribution is -0.113. The molecule has 25 heavy (non-hydrogen) atoms. The van der Waals surface area contributed by atoms with E-state index in [0.29, 0.717) is 15.1 Å². The lowest BCUT2D eigenvalue weighted by atomic mass is 10.0. The van der Waals surface area contributed by atoms with Gasteiger partial charge in [-0.1, -0.05) is 80.3 Å². The lowest BCUT2D eigenvalue weighted by Crippen LogP contribution is -2.29. The van der Waals surface area contributed by atoms with Crippen LogP contribution < -0.4 is 4.90 Å². The molecule has 1 amide bonds. The van der Waals surface area contributed by atoms with Gasteiger partial charge < -0.3 is 0 Å². The maximum atomic E-state index is 12.9. The van der Waals surface area contributed by atoms with Gasteiger partial charge in [-0.05, 0) is 48.1 Å². The van der Waals surface area contributed by atoms with Crippen molar-refractivity contribution in [2.75, 3.05) is 4.90 Å². The molecule has 2 aromatic carbocycles. The highest BCUT2D eigenvalue weighted by Gasteiger charge is 2.34. The molecule has 0 saturated carbocycles. The molecule has 1 saturated heterocycles. The fourth-order valence-corrected chi connectivity index (χ4v) is 4.22. The van der Waals surface area contributed by atoms with Crippen LogP contribution in [0.3, 0.4) is 0 Å². The minimum Gasteiger partial charge on any atom is -0.268 e. The van der Waals surface area contributed by atoms with Crippen LogP contribution >= 0.6 is 24.0 Å². The summed E-state index contributed by atoms with van der Waals surface area (Å²) in [5.41, 5.74) is 5.33. The number of carbonyl (C=O) groups excluding carboxylic acids is 1. The van der Waals surface area contributed by atoms with E-state index in [0.717, 1.165) is 22.4 Å². The molecule has 1 aliphatic heterocycles. The van der Waals surface area contributed by atoms with Crippen LogP contribution in [-0.2, 0) is 4.79 Å². The number of para-hydroxylation sites is 1. The van der Waals surface area contributed by atoms with E-state index in [9.17, 15) is 4.79 Å². The molecule has 1 heterocycles. The van der Waals surface area contributed by atoms with Crippen LogP contribution in [0, 0.1) is 13.8 Å². The Hall–Kier alpha value is -1.91. The summed E-state index contributed by atoms with van der Waals surface area (Å²) in [6, 6.07) is 14.4. The van der Waals surface area contributed by atoms with E-state index in [1.807, 2.05) is 38.1 Å². The molecule has 0 N–H and O–H groups in total. The summed E-state index contributed by atoms with van der Waals surface area (Å²) >= 11 is 6.86. The minimum atomic E-state index is -0.0414. The third kappa shape index (κ3) is 3.55. The molecule has 128 valence electrons. The number of thioether (sulfide) groups is 1. The quantitative estimate of drug-likeness (QED) is 0.503. The summed E-state index contributed by atoms with van der Waals surface area (Å²) in [5.74, 6) is 0.455. The highest BCUT2D eigenvalue weighted by Crippen LogP contribution is 2.38. The topological polar surface area (TPSA) is 20.3 Å². The summed E-state index contributed by atoms with van der Waals surface area (Å²) < 4.78 is 0.590. The number of hydrogen-bond donors (Lipinski definition) is 0. The van der Waals surface area contributed by atoms with Crippen LogP contribution in [0.1, 0.15) is 42.0 Å².